The van der Waals surface area contributed by atoms with Gasteiger partial charge in [-0.3, -0.25) is 0 Å². The second-order valence-electron chi connectivity index (χ2n) is 6.02. The van der Waals surface area contributed by atoms with E-state index in [0.29, 0.717) is 0 Å². The number of nitrogens with one attached hydrogen (secondary N) is 1. The lowest BCUT2D eigenvalue weighted by atomic mass is 9.98. The molecule has 1 N–H and O–H groups in total. The normalized spacial score (nSPS) is 13.9. The summed E-state index contributed by atoms with van der Waals surface area (Å²) in [5.41, 5.74) is 6.76. The Kier molecular flexibility index (Phi) is 3.61. The van der Waals surface area contributed by atoms with Crippen LogP contribution in [0.3, 0.4) is 0 Å². The second kappa shape index (κ2) is 5.53. The van der Waals surface area contributed by atoms with Gasteiger partial charge in [0.2, 0.25) is 0 Å². The number of nitrogens with zero attached hydrogens (tertiary/aromatic N) is 1. The molecule has 118 valence electrons. The minimum Gasteiger partial charge on any atom is -0.496 e. The van der Waals surface area contributed by atoms with E-state index in [1.807, 2.05) is 7.05 Å². The Labute approximate surface area is 149 Å². The molecule has 1 aliphatic rings. The van der Waals surface area contributed by atoms with Crippen molar-refractivity contribution in [1.29, 1.82) is 0 Å². The van der Waals surface area contributed by atoms with Gasteiger partial charge in [0.15, 0.2) is 0 Å². The Morgan fingerprint density at radius 1 is 1.26 bits per heavy atom. The largest absolute Gasteiger partial charge is 0.496 e. The van der Waals surface area contributed by atoms with Gasteiger partial charge in [0.25, 0.3) is 0 Å². The summed E-state index contributed by atoms with van der Waals surface area (Å²) in [6.07, 6.45) is 0. The Morgan fingerprint density at radius 2 is 2.04 bits per heavy atom. The number of hydrogen-bond donors (Lipinski definition) is 1. The summed E-state index contributed by atoms with van der Waals surface area (Å²) in [6.45, 7) is 3.17. The van der Waals surface area contributed by atoms with E-state index >= 15 is 0 Å². The lowest BCUT2D eigenvalue weighted by Crippen LogP contribution is -2.12. The van der Waals surface area contributed by atoms with E-state index in [-0.39, 0.29) is 6.04 Å². The summed E-state index contributed by atoms with van der Waals surface area (Å²) in [7, 11) is 3.76. The number of rotatable bonds is 3. The van der Waals surface area contributed by atoms with Crippen molar-refractivity contribution in [2.75, 3.05) is 14.2 Å². The molecule has 0 spiro atoms. The van der Waals surface area contributed by atoms with Crippen molar-refractivity contribution < 1.29 is 4.74 Å². The summed E-state index contributed by atoms with van der Waals surface area (Å²) in [5, 5.41) is 4.70. The molecule has 3 nitrogen and oxygen atoms in total. The van der Waals surface area contributed by atoms with Crippen LogP contribution in [0.2, 0.25) is 0 Å². The SMILES string of the molecule is CNC(C)c1c2n(c3cc(I)c(OC)cc13)Cc1ccccc1-2. The molecule has 0 saturated heterocycles. The van der Waals surface area contributed by atoms with Gasteiger partial charge in [-0.25, -0.2) is 0 Å². The van der Waals surface area contributed by atoms with Gasteiger partial charge in [-0.2, -0.15) is 0 Å². The molecule has 1 unspecified atom stereocenters. The van der Waals surface area contributed by atoms with Gasteiger partial charge in [-0.1, -0.05) is 24.3 Å². The van der Waals surface area contributed by atoms with E-state index in [0.717, 1.165) is 15.9 Å². The molecule has 2 aromatic carbocycles. The Balaban J connectivity index is 2.11. The number of aromatic nitrogens is 1. The maximum absolute atomic E-state index is 5.55. The molecule has 3 aromatic rings. The van der Waals surface area contributed by atoms with E-state index in [1.165, 1.54) is 33.3 Å². The van der Waals surface area contributed by atoms with Crippen LogP contribution in [0.1, 0.15) is 24.1 Å². The first-order valence-electron chi connectivity index (χ1n) is 7.81. The van der Waals surface area contributed by atoms with Crippen molar-refractivity contribution in [3.8, 4) is 17.0 Å². The average molecular weight is 418 g/mol. The zero-order valence-corrected chi connectivity index (χ0v) is 15.6. The van der Waals surface area contributed by atoms with Gasteiger partial charge in [0, 0.05) is 29.1 Å². The fourth-order valence-electron chi connectivity index (χ4n) is 3.63. The highest BCUT2D eigenvalue weighted by Crippen LogP contribution is 2.45. The zero-order chi connectivity index (χ0) is 16.1. The van der Waals surface area contributed by atoms with Crippen LogP contribution in [0, 0.1) is 3.57 Å². The van der Waals surface area contributed by atoms with E-state index in [4.69, 9.17) is 4.74 Å². The fourth-order valence-corrected chi connectivity index (χ4v) is 4.30. The molecular formula is C19H19IN2O. The molecule has 0 radical (unpaired) electrons. The smallest absolute Gasteiger partial charge is 0.132 e. The topological polar surface area (TPSA) is 26.2 Å². The molecule has 1 aliphatic heterocycles. The van der Waals surface area contributed by atoms with Crippen LogP contribution in [0.25, 0.3) is 22.2 Å². The third-order valence-corrected chi connectivity index (χ3v) is 5.69. The van der Waals surface area contributed by atoms with Crippen LogP contribution in [-0.4, -0.2) is 18.7 Å². The molecule has 0 fully saturated rings. The number of fused-ring (bicyclic) bond motifs is 5. The van der Waals surface area contributed by atoms with Crippen LogP contribution in [0.4, 0.5) is 0 Å². The van der Waals surface area contributed by atoms with Crippen molar-refractivity contribution >= 4 is 33.5 Å². The van der Waals surface area contributed by atoms with Crippen LogP contribution in [0.15, 0.2) is 36.4 Å². The molecule has 0 saturated carbocycles. The lowest BCUT2D eigenvalue weighted by molar-refractivity contribution is 0.412. The van der Waals surface area contributed by atoms with Crippen molar-refractivity contribution in [2.24, 2.45) is 0 Å². The van der Waals surface area contributed by atoms with Gasteiger partial charge in [-0.05, 0) is 54.3 Å². The van der Waals surface area contributed by atoms with Gasteiger partial charge >= 0.3 is 0 Å². The number of benzene rings is 2. The van der Waals surface area contributed by atoms with E-state index in [2.05, 4.69) is 75.8 Å². The maximum atomic E-state index is 5.55. The van der Waals surface area contributed by atoms with Crippen molar-refractivity contribution in [3.05, 3.63) is 51.1 Å². The summed E-state index contributed by atoms with van der Waals surface area (Å²) < 4.78 is 9.15. The molecule has 0 amide bonds. The predicted molar refractivity (Wildman–Crippen MR) is 103 cm³/mol. The molecule has 1 atom stereocenters. The van der Waals surface area contributed by atoms with Gasteiger partial charge in [0.1, 0.15) is 5.75 Å². The molecule has 23 heavy (non-hydrogen) atoms. The number of ether oxygens (including phenoxy) is 1. The second-order valence-corrected chi connectivity index (χ2v) is 7.18. The quantitative estimate of drug-likeness (QED) is 0.494. The Morgan fingerprint density at radius 3 is 2.78 bits per heavy atom. The van der Waals surface area contributed by atoms with Crippen molar-refractivity contribution in [2.45, 2.75) is 19.5 Å². The lowest BCUT2D eigenvalue weighted by Gasteiger charge is -2.13. The highest BCUT2D eigenvalue weighted by molar-refractivity contribution is 14.1. The first kappa shape index (κ1) is 15.0. The maximum Gasteiger partial charge on any atom is 0.132 e. The number of hydrogen-bond acceptors (Lipinski definition) is 2. The molecule has 2 heterocycles. The minimum absolute atomic E-state index is 0.282. The Bertz CT molecular complexity index is 913. The highest BCUT2D eigenvalue weighted by atomic mass is 127. The van der Waals surface area contributed by atoms with Crippen LogP contribution in [-0.2, 0) is 6.54 Å². The van der Waals surface area contributed by atoms with E-state index in [1.54, 1.807) is 7.11 Å². The summed E-state index contributed by atoms with van der Waals surface area (Å²) in [5.74, 6) is 0.945. The first-order chi connectivity index (χ1) is 11.2. The third kappa shape index (κ3) is 2.11. The van der Waals surface area contributed by atoms with Gasteiger partial charge < -0.3 is 14.6 Å². The molecule has 4 rings (SSSR count). The van der Waals surface area contributed by atoms with E-state index in [9.17, 15) is 0 Å². The van der Waals surface area contributed by atoms with Crippen LogP contribution in [0.5, 0.6) is 5.75 Å². The highest BCUT2D eigenvalue weighted by Gasteiger charge is 2.28. The first-order valence-corrected chi connectivity index (χ1v) is 8.88. The molecule has 4 heteroatoms. The van der Waals surface area contributed by atoms with Crippen LogP contribution < -0.4 is 10.1 Å². The van der Waals surface area contributed by atoms with Gasteiger partial charge in [-0.15, -0.1) is 0 Å². The summed E-state index contributed by atoms with van der Waals surface area (Å²) in [6, 6.07) is 13.4. The minimum atomic E-state index is 0.282. The fraction of sp³-hybridized carbons (Fsp3) is 0.263. The standard InChI is InChI=1S/C19H19IN2O/c1-11(21-2)18-14-8-17(23-3)15(20)9-16(14)22-10-12-6-4-5-7-13(12)19(18)22/h4-9,11,21H,10H2,1-3H3. The predicted octanol–water partition coefficient (Wildman–Crippen LogP) is 4.56. The molecule has 0 aliphatic carbocycles. The molecule has 1 aromatic heterocycles. The average Bonchev–Trinajstić information content (AvgIpc) is 3.08. The summed E-state index contributed by atoms with van der Waals surface area (Å²) in [4.78, 5) is 0. The monoisotopic (exact) mass is 418 g/mol. The van der Waals surface area contributed by atoms with E-state index < -0.39 is 0 Å². The number of halogens is 1. The Hall–Kier alpha value is -1.53. The molecular weight excluding hydrogens is 399 g/mol. The number of methoxy groups -OCH3 is 1. The third-order valence-electron chi connectivity index (χ3n) is 4.84. The van der Waals surface area contributed by atoms with Crippen molar-refractivity contribution in [1.82, 2.24) is 9.88 Å². The van der Waals surface area contributed by atoms with Gasteiger partial charge in [0.05, 0.1) is 21.9 Å². The van der Waals surface area contributed by atoms with Crippen molar-refractivity contribution in [3.63, 3.8) is 0 Å². The zero-order valence-electron chi connectivity index (χ0n) is 13.5. The molecule has 0 bridgehead atoms. The summed E-state index contributed by atoms with van der Waals surface area (Å²) >= 11 is 2.36. The van der Waals surface area contributed by atoms with Crippen LogP contribution >= 0.6 is 22.6 Å².